The van der Waals surface area contributed by atoms with Crippen LogP contribution in [0.3, 0.4) is 0 Å². The Kier molecular flexibility index (Phi) is 6.09. The van der Waals surface area contributed by atoms with Crippen LogP contribution in [0.2, 0.25) is 0 Å². The van der Waals surface area contributed by atoms with Crippen LogP contribution in [-0.2, 0) is 0 Å². The van der Waals surface area contributed by atoms with Gasteiger partial charge in [-0.1, -0.05) is 42.5 Å². The largest absolute Gasteiger partial charge is 0.478 e. The first-order chi connectivity index (χ1) is 11.6. The molecule has 0 saturated carbocycles. The van der Waals surface area contributed by atoms with E-state index in [4.69, 9.17) is 0 Å². The van der Waals surface area contributed by atoms with E-state index in [0.717, 1.165) is 5.56 Å². The highest BCUT2D eigenvalue weighted by molar-refractivity contribution is 6.04. The second kappa shape index (κ2) is 8.26. The molecule has 5 heteroatoms. The van der Waals surface area contributed by atoms with E-state index in [-0.39, 0.29) is 29.7 Å². The van der Waals surface area contributed by atoms with Crippen molar-refractivity contribution >= 4 is 11.9 Å². The number of carbonyl (C=O) groups excluding carboxylic acids is 1. The normalized spacial score (nSPS) is 11.8. The number of nitrogens with zero attached hydrogens (tertiary/aromatic N) is 1. The Morgan fingerprint density at radius 2 is 1.58 bits per heavy atom. The van der Waals surface area contributed by atoms with Crippen molar-refractivity contribution in [1.82, 2.24) is 4.90 Å². The van der Waals surface area contributed by atoms with Crippen LogP contribution >= 0.6 is 0 Å². The van der Waals surface area contributed by atoms with Crippen LogP contribution in [0, 0.1) is 0 Å². The van der Waals surface area contributed by atoms with Crippen LogP contribution in [0.15, 0.2) is 54.6 Å². The minimum atomic E-state index is -1.13. The summed E-state index contributed by atoms with van der Waals surface area (Å²) in [6, 6.07) is 15.3. The maximum Gasteiger partial charge on any atom is 0.336 e. The summed E-state index contributed by atoms with van der Waals surface area (Å²) in [6.07, 6.45) is 0.388. The maximum absolute atomic E-state index is 13.0. The molecule has 0 radical (unpaired) electrons. The number of amides is 1. The molecule has 0 saturated heterocycles. The molecule has 2 rings (SSSR count). The Balaban J connectivity index is 2.42. The number of carbonyl (C=O) groups is 2. The average Bonchev–Trinajstić information content (AvgIpc) is 2.62. The van der Waals surface area contributed by atoms with E-state index in [1.807, 2.05) is 37.3 Å². The number of rotatable bonds is 7. The molecule has 0 aromatic heterocycles. The molecule has 126 valence electrons. The quantitative estimate of drug-likeness (QED) is 0.819. The predicted molar refractivity (Wildman–Crippen MR) is 91.0 cm³/mol. The summed E-state index contributed by atoms with van der Waals surface area (Å²) in [7, 11) is 0. The van der Waals surface area contributed by atoms with Crippen molar-refractivity contribution in [2.45, 2.75) is 19.4 Å². The van der Waals surface area contributed by atoms with Gasteiger partial charge in [-0.05, 0) is 31.0 Å². The molecule has 0 fully saturated rings. The van der Waals surface area contributed by atoms with Gasteiger partial charge in [-0.25, -0.2) is 4.79 Å². The van der Waals surface area contributed by atoms with E-state index in [2.05, 4.69) is 0 Å². The fourth-order valence-corrected chi connectivity index (χ4v) is 2.82. The van der Waals surface area contributed by atoms with Crippen LogP contribution in [-0.4, -0.2) is 40.1 Å². The standard InChI is InChI=1S/C19H21NO4/c1-2-20(17(12-13-21)14-8-4-3-5-9-14)18(22)15-10-6-7-11-16(15)19(23)24/h3-11,17,21H,2,12-13H2,1H3,(H,23,24). The zero-order chi connectivity index (χ0) is 17.5. The summed E-state index contributed by atoms with van der Waals surface area (Å²) >= 11 is 0. The summed E-state index contributed by atoms with van der Waals surface area (Å²) in [4.78, 5) is 26.0. The van der Waals surface area contributed by atoms with Gasteiger partial charge in [0.1, 0.15) is 0 Å². The summed E-state index contributed by atoms with van der Waals surface area (Å²) in [5.41, 5.74) is 1.05. The Labute approximate surface area is 141 Å². The van der Waals surface area contributed by atoms with Crippen LogP contribution in [0.1, 0.15) is 45.7 Å². The lowest BCUT2D eigenvalue weighted by Gasteiger charge is -2.31. The smallest absolute Gasteiger partial charge is 0.336 e. The van der Waals surface area contributed by atoms with Crippen molar-refractivity contribution in [3.8, 4) is 0 Å². The number of aliphatic hydroxyl groups excluding tert-OH is 1. The number of aliphatic hydroxyl groups is 1. The predicted octanol–water partition coefficient (Wildman–Crippen LogP) is 2.97. The lowest BCUT2D eigenvalue weighted by Crippen LogP contribution is -2.36. The molecule has 0 aliphatic carbocycles. The molecule has 1 unspecified atom stereocenters. The van der Waals surface area contributed by atoms with E-state index < -0.39 is 5.97 Å². The summed E-state index contributed by atoms with van der Waals surface area (Å²) in [5, 5.41) is 18.7. The molecule has 2 aromatic carbocycles. The Bertz CT molecular complexity index is 700. The highest BCUT2D eigenvalue weighted by Gasteiger charge is 2.27. The minimum absolute atomic E-state index is 0.0169. The molecule has 0 spiro atoms. The van der Waals surface area contributed by atoms with Crippen LogP contribution in [0.4, 0.5) is 0 Å². The minimum Gasteiger partial charge on any atom is -0.478 e. The third kappa shape index (κ3) is 3.81. The van der Waals surface area contributed by atoms with Crippen LogP contribution < -0.4 is 0 Å². The Hall–Kier alpha value is -2.66. The van der Waals surface area contributed by atoms with Gasteiger partial charge < -0.3 is 15.1 Å². The van der Waals surface area contributed by atoms with Gasteiger partial charge in [-0.15, -0.1) is 0 Å². The first-order valence-electron chi connectivity index (χ1n) is 7.89. The Morgan fingerprint density at radius 3 is 2.12 bits per heavy atom. The van der Waals surface area contributed by atoms with Crippen molar-refractivity contribution in [3.05, 3.63) is 71.3 Å². The lowest BCUT2D eigenvalue weighted by atomic mass is 9.99. The van der Waals surface area contributed by atoms with Gasteiger partial charge in [0.25, 0.3) is 5.91 Å². The van der Waals surface area contributed by atoms with Gasteiger partial charge in [-0.3, -0.25) is 4.79 Å². The number of hydrogen-bond donors (Lipinski definition) is 2. The topological polar surface area (TPSA) is 77.8 Å². The Morgan fingerprint density at radius 1 is 1.00 bits per heavy atom. The maximum atomic E-state index is 13.0. The molecule has 0 aliphatic rings. The highest BCUT2D eigenvalue weighted by atomic mass is 16.4. The zero-order valence-corrected chi connectivity index (χ0v) is 13.6. The fourth-order valence-electron chi connectivity index (χ4n) is 2.82. The van der Waals surface area contributed by atoms with Gasteiger partial charge >= 0.3 is 5.97 Å². The van der Waals surface area contributed by atoms with E-state index in [9.17, 15) is 19.8 Å². The zero-order valence-electron chi connectivity index (χ0n) is 13.6. The molecule has 1 atom stereocenters. The molecule has 24 heavy (non-hydrogen) atoms. The highest BCUT2D eigenvalue weighted by Crippen LogP contribution is 2.26. The third-order valence-electron chi connectivity index (χ3n) is 3.95. The van der Waals surface area contributed by atoms with Gasteiger partial charge in [-0.2, -0.15) is 0 Å². The second-order valence-electron chi connectivity index (χ2n) is 5.38. The molecular formula is C19H21NO4. The van der Waals surface area contributed by atoms with E-state index in [1.165, 1.54) is 12.1 Å². The number of carboxylic acid groups (broad SMARTS) is 1. The van der Waals surface area contributed by atoms with E-state index in [0.29, 0.717) is 13.0 Å². The van der Waals surface area contributed by atoms with E-state index in [1.54, 1.807) is 17.0 Å². The van der Waals surface area contributed by atoms with Gasteiger partial charge in [0.15, 0.2) is 0 Å². The third-order valence-corrected chi connectivity index (χ3v) is 3.95. The summed E-state index contributed by atoms with van der Waals surface area (Å²) < 4.78 is 0. The molecule has 0 aliphatic heterocycles. The summed E-state index contributed by atoms with van der Waals surface area (Å²) in [6.45, 7) is 2.19. The number of aromatic carboxylic acids is 1. The van der Waals surface area contributed by atoms with Gasteiger partial charge in [0, 0.05) is 13.2 Å². The summed E-state index contributed by atoms with van der Waals surface area (Å²) in [5.74, 6) is -1.48. The van der Waals surface area contributed by atoms with Crippen molar-refractivity contribution < 1.29 is 19.8 Å². The van der Waals surface area contributed by atoms with E-state index >= 15 is 0 Å². The van der Waals surface area contributed by atoms with Gasteiger partial charge in [0.2, 0.25) is 0 Å². The molecule has 2 N–H and O–H groups in total. The van der Waals surface area contributed by atoms with Crippen molar-refractivity contribution in [3.63, 3.8) is 0 Å². The van der Waals surface area contributed by atoms with Crippen molar-refractivity contribution in [2.75, 3.05) is 13.2 Å². The first-order valence-corrected chi connectivity index (χ1v) is 7.89. The second-order valence-corrected chi connectivity index (χ2v) is 5.38. The van der Waals surface area contributed by atoms with Crippen LogP contribution in [0.5, 0.6) is 0 Å². The average molecular weight is 327 g/mol. The molecule has 2 aromatic rings. The van der Waals surface area contributed by atoms with Gasteiger partial charge in [0.05, 0.1) is 17.2 Å². The van der Waals surface area contributed by atoms with Crippen molar-refractivity contribution in [2.24, 2.45) is 0 Å². The SMILES string of the molecule is CCN(C(=O)c1ccccc1C(=O)O)C(CCO)c1ccccc1. The molecular weight excluding hydrogens is 306 g/mol. The fraction of sp³-hybridized carbons (Fsp3) is 0.263. The molecule has 5 nitrogen and oxygen atoms in total. The first kappa shape index (κ1) is 17.7. The molecule has 1 amide bonds. The molecule has 0 bridgehead atoms. The number of hydrogen-bond acceptors (Lipinski definition) is 3. The van der Waals surface area contributed by atoms with Crippen LogP contribution in [0.25, 0.3) is 0 Å². The number of carboxylic acids is 1. The monoisotopic (exact) mass is 327 g/mol. The van der Waals surface area contributed by atoms with Crippen molar-refractivity contribution in [1.29, 1.82) is 0 Å². The molecule has 0 heterocycles. The lowest BCUT2D eigenvalue weighted by molar-refractivity contribution is 0.0630. The number of benzene rings is 2.